The minimum absolute atomic E-state index is 0.0931. The van der Waals surface area contributed by atoms with Crippen molar-refractivity contribution in [2.24, 2.45) is 0 Å². The fourth-order valence-corrected chi connectivity index (χ4v) is 3.49. The van der Waals surface area contributed by atoms with E-state index in [1.54, 1.807) is 20.3 Å². The molecule has 0 amide bonds. The molecule has 130 valence electrons. The van der Waals surface area contributed by atoms with E-state index in [1.807, 2.05) is 48.5 Å². The summed E-state index contributed by atoms with van der Waals surface area (Å²) in [5, 5.41) is 1.94. The number of allylic oxidation sites excluding steroid dienone is 1. The van der Waals surface area contributed by atoms with E-state index in [0.29, 0.717) is 11.3 Å². The summed E-state index contributed by atoms with van der Waals surface area (Å²) < 4.78 is 16.1. The van der Waals surface area contributed by atoms with Gasteiger partial charge in [0.1, 0.15) is 11.5 Å². The highest BCUT2D eigenvalue weighted by molar-refractivity contribution is 6.23. The fraction of sp³-hybridized carbons (Fsp3) is 0.136. The molecule has 0 unspecified atom stereocenters. The maximum atomic E-state index is 12.7. The average Bonchev–Trinajstić information content (AvgIpc) is 2.70. The maximum Gasteiger partial charge on any atom is 0.228 e. The lowest BCUT2D eigenvalue weighted by Crippen LogP contribution is -2.10. The molecular weight excluding hydrogens is 328 g/mol. The highest BCUT2D eigenvalue weighted by atomic mass is 16.5. The summed E-state index contributed by atoms with van der Waals surface area (Å²) >= 11 is 0. The minimum Gasteiger partial charge on any atom is -0.497 e. The Labute approximate surface area is 151 Å². The highest BCUT2D eigenvalue weighted by Gasteiger charge is 2.24. The Morgan fingerprint density at radius 1 is 0.769 bits per heavy atom. The molecule has 0 N–H and O–H groups in total. The van der Waals surface area contributed by atoms with Crippen LogP contribution in [0.5, 0.6) is 11.5 Å². The van der Waals surface area contributed by atoms with Crippen LogP contribution >= 0.6 is 0 Å². The number of carbonyl (C=O) groups excluding carboxylic acids is 1. The zero-order valence-corrected chi connectivity index (χ0v) is 14.8. The number of rotatable bonds is 4. The van der Waals surface area contributed by atoms with Gasteiger partial charge in [0.05, 0.1) is 21.3 Å². The number of carbonyl (C=O) groups is 1. The first-order chi connectivity index (χ1) is 12.7. The van der Waals surface area contributed by atoms with Crippen molar-refractivity contribution >= 4 is 22.6 Å². The smallest absolute Gasteiger partial charge is 0.228 e. The second-order valence-electron chi connectivity index (χ2n) is 6.04. The summed E-state index contributed by atoms with van der Waals surface area (Å²) in [6, 6.07) is 15.6. The number of hydrogen-bond donors (Lipinski definition) is 0. The molecule has 0 bridgehead atoms. The Balaban J connectivity index is 2.02. The topological polar surface area (TPSA) is 44.8 Å². The van der Waals surface area contributed by atoms with E-state index in [2.05, 4.69) is 0 Å². The number of hydrogen-bond acceptors (Lipinski definition) is 4. The highest BCUT2D eigenvalue weighted by Crippen LogP contribution is 2.41. The van der Waals surface area contributed by atoms with Crippen LogP contribution in [0.2, 0.25) is 0 Å². The van der Waals surface area contributed by atoms with Gasteiger partial charge in [-0.2, -0.15) is 0 Å². The third-order valence-corrected chi connectivity index (χ3v) is 4.75. The van der Waals surface area contributed by atoms with Crippen LogP contribution in [0.15, 0.2) is 54.3 Å². The summed E-state index contributed by atoms with van der Waals surface area (Å²) in [5.41, 5.74) is 3.59. The molecule has 0 atom stereocenters. The second kappa shape index (κ2) is 6.23. The van der Waals surface area contributed by atoms with Gasteiger partial charge in [0.25, 0.3) is 0 Å². The minimum atomic E-state index is -0.0931. The van der Waals surface area contributed by atoms with Gasteiger partial charge in [0.2, 0.25) is 5.78 Å². The van der Waals surface area contributed by atoms with E-state index < -0.39 is 0 Å². The monoisotopic (exact) mass is 346 g/mol. The van der Waals surface area contributed by atoms with Gasteiger partial charge in [-0.1, -0.05) is 30.3 Å². The predicted molar refractivity (Wildman–Crippen MR) is 102 cm³/mol. The van der Waals surface area contributed by atoms with Crippen LogP contribution in [0.3, 0.4) is 0 Å². The summed E-state index contributed by atoms with van der Waals surface area (Å²) in [6.07, 6.45) is 1.80. The predicted octanol–water partition coefficient (Wildman–Crippen LogP) is 4.71. The van der Waals surface area contributed by atoms with Crippen molar-refractivity contribution in [2.75, 3.05) is 21.3 Å². The lowest BCUT2D eigenvalue weighted by Gasteiger charge is -2.19. The second-order valence-corrected chi connectivity index (χ2v) is 6.04. The number of methoxy groups -OCH3 is 3. The quantitative estimate of drug-likeness (QED) is 0.686. The SMILES string of the molecule is COC1=Cc2ccc(-c3ccc(OC)cc3OC)c3cccc(c23)C1=O. The molecule has 4 rings (SSSR count). The summed E-state index contributed by atoms with van der Waals surface area (Å²) in [7, 11) is 4.79. The number of ether oxygens (including phenoxy) is 3. The van der Waals surface area contributed by atoms with Crippen LogP contribution in [0, 0.1) is 0 Å². The first-order valence-corrected chi connectivity index (χ1v) is 8.26. The molecule has 3 aromatic carbocycles. The van der Waals surface area contributed by atoms with E-state index in [4.69, 9.17) is 14.2 Å². The first-order valence-electron chi connectivity index (χ1n) is 8.26. The Morgan fingerprint density at radius 3 is 2.31 bits per heavy atom. The van der Waals surface area contributed by atoms with Crippen LogP contribution < -0.4 is 9.47 Å². The first kappa shape index (κ1) is 16.2. The molecule has 0 saturated heterocycles. The van der Waals surface area contributed by atoms with E-state index in [0.717, 1.165) is 39.0 Å². The Kier molecular flexibility index (Phi) is 3.88. The van der Waals surface area contributed by atoms with Crippen molar-refractivity contribution in [3.8, 4) is 22.6 Å². The number of Topliss-reactive ketones (excluding diaryl/α,β-unsaturated/α-hetero) is 1. The zero-order chi connectivity index (χ0) is 18.3. The van der Waals surface area contributed by atoms with Gasteiger partial charge < -0.3 is 14.2 Å². The van der Waals surface area contributed by atoms with Crippen LogP contribution in [0.4, 0.5) is 0 Å². The Bertz CT molecular complexity index is 1060. The summed E-state index contributed by atoms with van der Waals surface area (Å²) in [6.45, 7) is 0. The largest absolute Gasteiger partial charge is 0.497 e. The van der Waals surface area contributed by atoms with Crippen LogP contribution in [-0.4, -0.2) is 27.1 Å². The molecule has 0 aromatic heterocycles. The number of ketones is 1. The third kappa shape index (κ3) is 2.34. The lowest BCUT2D eigenvalue weighted by atomic mass is 9.87. The maximum absolute atomic E-state index is 12.7. The number of benzene rings is 3. The van der Waals surface area contributed by atoms with E-state index in [-0.39, 0.29) is 5.78 Å². The molecule has 3 aromatic rings. The molecule has 0 radical (unpaired) electrons. The standard InChI is InChI=1S/C22H18O4/c1-24-14-8-10-16(19(12-14)25-2)15-9-7-13-11-20(26-3)22(23)18-6-4-5-17(15)21(13)18/h4-12H,1-3H3. The molecule has 0 saturated carbocycles. The van der Waals surface area contributed by atoms with Crippen molar-refractivity contribution in [1.82, 2.24) is 0 Å². The van der Waals surface area contributed by atoms with Gasteiger partial charge >= 0.3 is 0 Å². The zero-order valence-electron chi connectivity index (χ0n) is 14.8. The van der Waals surface area contributed by atoms with Gasteiger partial charge in [0, 0.05) is 22.6 Å². The molecule has 0 fully saturated rings. The van der Waals surface area contributed by atoms with Crippen LogP contribution in [-0.2, 0) is 4.74 Å². The van der Waals surface area contributed by atoms with Gasteiger partial charge in [-0.3, -0.25) is 4.79 Å². The molecular formula is C22H18O4. The normalized spacial score (nSPS) is 12.7. The Hall–Kier alpha value is -3.27. The molecule has 0 aliphatic heterocycles. The van der Waals surface area contributed by atoms with Crippen molar-refractivity contribution in [1.29, 1.82) is 0 Å². The summed E-state index contributed by atoms with van der Waals surface area (Å²) in [5.74, 6) is 1.72. The van der Waals surface area contributed by atoms with Gasteiger partial charge in [0.15, 0.2) is 5.76 Å². The van der Waals surface area contributed by atoms with Gasteiger partial charge in [-0.15, -0.1) is 0 Å². The van der Waals surface area contributed by atoms with E-state index in [1.165, 1.54) is 7.11 Å². The molecule has 0 heterocycles. The molecule has 0 spiro atoms. The van der Waals surface area contributed by atoms with Crippen LogP contribution in [0.1, 0.15) is 15.9 Å². The molecule has 4 nitrogen and oxygen atoms in total. The Morgan fingerprint density at radius 2 is 1.58 bits per heavy atom. The van der Waals surface area contributed by atoms with Crippen molar-refractivity contribution in [2.45, 2.75) is 0 Å². The van der Waals surface area contributed by atoms with Gasteiger partial charge in [-0.05, 0) is 34.7 Å². The van der Waals surface area contributed by atoms with Crippen molar-refractivity contribution < 1.29 is 19.0 Å². The molecule has 1 aliphatic carbocycles. The van der Waals surface area contributed by atoms with Crippen molar-refractivity contribution in [3.63, 3.8) is 0 Å². The van der Waals surface area contributed by atoms with Gasteiger partial charge in [-0.25, -0.2) is 0 Å². The average molecular weight is 346 g/mol. The molecule has 1 aliphatic rings. The summed E-state index contributed by atoms with van der Waals surface area (Å²) in [4.78, 5) is 12.7. The van der Waals surface area contributed by atoms with E-state index >= 15 is 0 Å². The van der Waals surface area contributed by atoms with Crippen molar-refractivity contribution in [3.05, 3.63) is 65.4 Å². The molecule has 4 heteroatoms. The fourth-order valence-electron chi connectivity index (χ4n) is 3.49. The van der Waals surface area contributed by atoms with E-state index in [9.17, 15) is 4.79 Å². The lowest BCUT2D eigenvalue weighted by molar-refractivity contribution is 0.0957. The third-order valence-electron chi connectivity index (χ3n) is 4.75. The van der Waals surface area contributed by atoms with Crippen LogP contribution in [0.25, 0.3) is 28.0 Å². The molecule has 26 heavy (non-hydrogen) atoms.